The zero-order valence-electron chi connectivity index (χ0n) is 13.9. The van der Waals surface area contributed by atoms with Crippen LogP contribution in [0.25, 0.3) is 0 Å². The number of aliphatic hydroxyl groups excluding tert-OH is 1. The van der Waals surface area contributed by atoms with Crippen molar-refractivity contribution in [3.8, 4) is 0 Å². The summed E-state index contributed by atoms with van der Waals surface area (Å²) in [7, 11) is 0. The summed E-state index contributed by atoms with van der Waals surface area (Å²) in [6.07, 6.45) is 2.04. The molecule has 0 radical (unpaired) electrons. The molecule has 0 saturated carbocycles. The van der Waals surface area contributed by atoms with E-state index >= 15 is 0 Å². The molecular weight excluding hydrogens is 314 g/mol. The summed E-state index contributed by atoms with van der Waals surface area (Å²) in [6, 6.07) is 3.28. The maximum Gasteiger partial charge on any atom is 0.240 e. The molecule has 0 unspecified atom stereocenters. The largest absolute Gasteiger partial charge is 0.393 e. The Morgan fingerprint density at radius 2 is 2.04 bits per heavy atom. The summed E-state index contributed by atoms with van der Waals surface area (Å²) in [5, 5.41) is 9.87. The van der Waals surface area contributed by atoms with Gasteiger partial charge in [0.1, 0.15) is 11.6 Å². The number of rotatable bonds is 3. The van der Waals surface area contributed by atoms with Crippen molar-refractivity contribution in [1.29, 1.82) is 0 Å². The molecular formula is C18H24F2N2O2. The summed E-state index contributed by atoms with van der Waals surface area (Å²) >= 11 is 0. The molecule has 2 fully saturated rings. The van der Waals surface area contributed by atoms with Crippen molar-refractivity contribution in [2.24, 2.45) is 5.92 Å². The highest BCUT2D eigenvalue weighted by Gasteiger charge is 2.36. The van der Waals surface area contributed by atoms with E-state index in [1.54, 1.807) is 4.90 Å². The highest BCUT2D eigenvalue weighted by atomic mass is 19.1. The predicted molar refractivity (Wildman–Crippen MR) is 86.2 cm³/mol. The van der Waals surface area contributed by atoms with Crippen molar-refractivity contribution in [1.82, 2.24) is 9.80 Å². The van der Waals surface area contributed by atoms with E-state index < -0.39 is 11.6 Å². The molecule has 3 rings (SSSR count). The third-order valence-corrected chi connectivity index (χ3v) is 5.21. The van der Waals surface area contributed by atoms with Crippen molar-refractivity contribution < 1.29 is 18.7 Å². The van der Waals surface area contributed by atoms with E-state index in [4.69, 9.17) is 0 Å². The number of carbonyl (C=O) groups is 1. The number of likely N-dealkylation sites (tertiary alicyclic amines) is 2. The minimum Gasteiger partial charge on any atom is -0.393 e. The van der Waals surface area contributed by atoms with Crippen molar-refractivity contribution >= 4 is 5.91 Å². The van der Waals surface area contributed by atoms with Crippen LogP contribution in [-0.4, -0.2) is 52.6 Å². The molecule has 132 valence electrons. The van der Waals surface area contributed by atoms with E-state index in [0.29, 0.717) is 31.6 Å². The van der Waals surface area contributed by atoms with Crippen molar-refractivity contribution in [3.63, 3.8) is 0 Å². The number of halogens is 2. The highest BCUT2D eigenvalue weighted by molar-refractivity contribution is 5.82. The van der Waals surface area contributed by atoms with Crippen LogP contribution in [0, 0.1) is 17.6 Å². The van der Waals surface area contributed by atoms with Crippen LogP contribution in [0.4, 0.5) is 8.78 Å². The van der Waals surface area contributed by atoms with Crippen LogP contribution >= 0.6 is 0 Å². The van der Waals surface area contributed by atoms with Gasteiger partial charge in [0, 0.05) is 37.8 Å². The molecule has 3 atom stereocenters. The molecule has 1 aromatic carbocycles. The van der Waals surface area contributed by atoms with Gasteiger partial charge in [0.15, 0.2) is 0 Å². The standard InChI is InChI=1S/C18H24F2N2O2/c1-12-10-21(8-6-17(12)23)16-3-2-7-22(18(16)24)11-13-4-5-14(19)9-15(13)20/h4-5,9,12,16-17,23H,2-3,6-8,10-11H2,1H3/t12-,16+,17-/m1/s1. The molecule has 0 aromatic heterocycles. The zero-order chi connectivity index (χ0) is 17.3. The molecule has 0 aliphatic carbocycles. The van der Waals surface area contributed by atoms with Gasteiger partial charge in [0.2, 0.25) is 5.91 Å². The molecule has 2 heterocycles. The maximum absolute atomic E-state index is 13.9. The first kappa shape index (κ1) is 17.3. The Balaban J connectivity index is 1.68. The first-order valence-corrected chi connectivity index (χ1v) is 8.60. The maximum atomic E-state index is 13.9. The van der Waals surface area contributed by atoms with Gasteiger partial charge in [-0.15, -0.1) is 0 Å². The second-order valence-electron chi connectivity index (χ2n) is 6.98. The van der Waals surface area contributed by atoms with Gasteiger partial charge in [0.25, 0.3) is 0 Å². The molecule has 1 aromatic rings. The molecule has 0 spiro atoms. The number of hydrogen-bond acceptors (Lipinski definition) is 3. The lowest BCUT2D eigenvalue weighted by molar-refractivity contribution is -0.142. The average Bonchev–Trinajstić information content (AvgIpc) is 2.54. The smallest absolute Gasteiger partial charge is 0.240 e. The van der Waals surface area contributed by atoms with Crippen LogP contribution in [0.5, 0.6) is 0 Å². The number of benzene rings is 1. The first-order chi connectivity index (χ1) is 11.5. The second-order valence-corrected chi connectivity index (χ2v) is 6.98. The SMILES string of the molecule is C[C@@H]1CN([C@H]2CCCN(Cc3ccc(F)cc3F)C2=O)CC[C@H]1O. The molecule has 2 saturated heterocycles. The van der Waals surface area contributed by atoms with Crippen molar-refractivity contribution in [2.45, 2.75) is 44.9 Å². The van der Waals surface area contributed by atoms with E-state index in [2.05, 4.69) is 4.90 Å². The quantitative estimate of drug-likeness (QED) is 0.918. The molecule has 0 bridgehead atoms. The van der Waals surface area contributed by atoms with E-state index in [1.165, 1.54) is 12.1 Å². The number of nitrogens with zero attached hydrogens (tertiary/aromatic N) is 2. The molecule has 2 aliphatic heterocycles. The van der Waals surface area contributed by atoms with E-state index in [9.17, 15) is 18.7 Å². The van der Waals surface area contributed by atoms with Gasteiger partial charge >= 0.3 is 0 Å². The summed E-state index contributed by atoms with van der Waals surface area (Å²) in [5.41, 5.74) is 0.341. The fourth-order valence-electron chi connectivity index (χ4n) is 3.72. The highest BCUT2D eigenvalue weighted by Crippen LogP contribution is 2.25. The van der Waals surface area contributed by atoms with Crippen LogP contribution < -0.4 is 0 Å². The van der Waals surface area contributed by atoms with Crippen LogP contribution in [0.3, 0.4) is 0 Å². The van der Waals surface area contributed by atoms with Crippen LogP contribution in [0.1, 0.15) is 31.7 Å². The number of aliphatic hydroxyl groups is 1. The molecule has 2 aliphatic rings. The van der Waals surface area contributed by atoms with Gasteiger partial charge in [-0.3, -0.25) is 9.69 Å². The summed E-state index contributed by atoms with van der Waals surface area (Å²) in [6.45, 7) is 4.18. The van der Waals surface area contributed by atoms with Gasteiger partial charge in [-0.2, -0.15) is 0 Å². The Kier molecular flexibility index (Phi) is 5.15. The summed E-state index contributed by atoms with van der Waals surface area (Å²) in [4.78, 5) is 16.6. The van der Waals surface area contributed by atoms with Crippen molar-refractivity contribution in [2.75, 3.05) is 19.6 Å². The van der Waals surface area contributed by atoms with Gasteiger partial charge < -0.3 is 10.0 Å². The lowest BCUT2D eigenvalue weighted by Crippen LogP contribution is -2.56. The fraction of sp³-hybridized carbons (Fsp3) is 0.611. The molecule has 1 N–H and O–H groups in total. The Bertz CT molecular complexity index is 611. The predicted octanol–water partition coefficient (Wildman–Crippen LogP) is 2.16. The minimum atomic E-state index is -0.611. The topological polar surface area (TPSA) is 43.8 Å². The monoisotopic (exact) mass is 338 g/mol. The average molecular weight is 338 g/mol. The Labute approximate surface area is 141 Å². The third-order valence-electron chi connectivity index (χ3n) is 5.21. The zero-order valence-corrected chi connectivity index (χ0v) is 13.9. The van der Waals surface area contributed by atoms with E-state index in [-0.39, 0.29) is 30.5 Å². The van der Waals surface area contributed by atoms with Crippen LogP contribution in [0.15, 0.2) is 18.2 Å². The third kappa shape index (κ3) is 3.59. The number of hydrogen-bond donors (Lipinski definition) is 1. The first-order valence-electron chi connectivity index (χ1n) is 8.60. The summed E-state index contributed by atoms with van der Waals surface area (Å²) in [5.74, 6) is -1.07. The molecule has 6 heteroatoms. The van der Waals surface area contributed by atoms with Gasteiger partial charge in [-0.1, -0.05) is 13.0 Å². The second kappa shape index (κ2) is 7.15. The van der Waals surface area contributed by atoms with Gasteiger partial charge in [-0.05, 0) is 31.2 Å². The normalized spacial score (nSPS) is 29.1. The van der Waals surface area contributed by atoms with E-state index in [0.717, 1.165) is 18.9 Å². The molecule has 1 amide bonds. The van der Waals surface area contributed by atoms with Crippen LogP contribution in [0.2, 0.25) is 0 Å². The molecule has 24 heavy (non-hydrogen) atoms. The van der Waals surface area contributed by atoms with Gasteiger partial charge in [0.05, 0.1) is 12.1 Å². The minimum absolute atomic E-state index is 0.00793. The lowest BCUT2D eigenvalue weighted by atomic mass is 9.93. The Morgan fingerprint density at radius 3 is 2.75 bits per heavy atom. The van der Waals surface area contributed by atoms with E-state index in [1.807, 2.05) is 6.92 Å². The van der Waals surface area contributed by atoms with Crippen molar-refractivity contribution in [3.05, 3.63) is 35.4 Å². The number of piperidine rings is 2. The summed E-state index contributed by atoms with van der Waals surface area (Å²) < 4.78 is 26.9. The Hall–Kier alpha value is -1.53. The number of carbonyl (C=O) groups excluding carboxylic acids is 1. The lowest BCUT2D eigenvalue weighted by Gasteiger charge is -2.42. The molecule has 4 nitrogen and oxygen atoms in total. The number of amides is 1. The van der Waals surface area contributed by atoms with Crippen LogP contribution in [-0.2, 0) is 11.3 Å². The fourth-order valence-corrected chi connectivity index (χ4v) is 3.72. The Morgan fingerprint density at radius 1 is 1.25 bits per heavy atom. The van der Waals surface area contributed by atoms with Gasteiger partial charge in [-0.25, -0.2) is 8.78 Å².